The van der Waals surface area contributed by atoms with Crippen LogP contribution in [0.4, 0.5) is 4.79 Å². The van der Waals surface area contributed by atoms with Gasteiger partial charge in [0.25, 0.3) is 0 Å². The van der Waals surface area contributed by atoms with Crippen molar-refractivity contribution in [2.24, 2.45) is 5.92 Å². The molecule has 0 aromatic heterocycles. The van der Waals surface area contributed by atoms with Crippen LogP contribution in [0, 0.1) is 5.92 Å². The van der Waals surface area contributed by atoms with Crippen molar-refractivity contribution in [3.63, 3.8) is 0 Å². The van der Waals surface area contributed by atoms with E-state index in [0.717, 1.165) is 6.29 Å². The molecule has 0 amide bonds. The molecule has 0 aliphatic carbocycles. The third kappa shape index (κ3) is 7.38. The highest BCUT2D eigenvalue weighted by Gasteiger charge is 2.40. The Labute approximate surface area is 126 Å². The molecule has 6 nitrogen and oxygen atoms in total. The minimum atomic E-state index is -2.43. The normalized spacial score (nSPS) is 13.4. The average Bonchev–Trinajstić information content (AvgIpc) is 2.26. The van der Waals surface area contributed by atoms with Crippen molar-refractivity contribution in [2.75, 3.05) is 6.61 Å². The lowest BCUT2D eigenvalue weighted by Crippen LogP contribution is -2.40. The van der Waals surface area contributed by atoms with Crippen LogP contribution >= 0.6 is 0 Å². The SMILES string of the molecule is CCOC(=O)OC(=O)C[C@H](CC=O)CC(C)(C)[Si](C)(C)O. The van der Waals surface area contributed by atoms with Crippen molar-refractivity contribution in [2.45, 2.75) is 58.2 Å². The Balaban J connectivity index is 4.66. The van der Waals surface area contributed by atoms with Crippen LogP contribution in [0.3, 0.4) is 0 Å². The fourth-order valence-corrected chi connectivity index (χ4v) is 2.65. The Morgan fingerprint density at radius 3 is 2.33 bits per heavy atom. The zero-order chi connectivity index (χ0) is 16.7. The minimum Gasteiger partial charge on any atom is -0.434 e. The first-order valence-electron chi connectivity index (χ1n) is 7.07. The molecule has 0 spiro atoms. The molecule has 0 saturated carbocycles. The molecule has 0 heterocycles. The predicted octanol–water partition coefficient (Wildman–Crippen LogP) is 2.65. The highest BCUT2D eigenvalue weighted by molar-refractivity contribution is 6.72. The smallest absolute Gasteiger partial charge is 0.434 e. The summed E-state index contributed by atoms with van der Waals surface area (Å²) in [6, 6.07) is 0. The lowest BCUT2D eigenvalue weighted by Gasteiger charge is -2.37. The maximum atomic E-state index is 11.7. The summed E-state index contributed by atoms with van der Waals surface area (Å²) in [6.45, 7) is 9.23. The van der Waals surface area contributed by atoms with Crippen LogP contribution in [0.2, 0.25) is 18.1 Å². The van der Waals surface area contributed by atoms with Crippen molar-refractivity contribution in [1.29, 1.82) is 0 Å². The summed E-state index contributed by atoms with van der Waals surface area (Å²) in [5.74, 6) is -0.980. The van der Waals surface area contributed by atoms with Gasteiger partial charge in [-0.25, -0.2) is 4.79 Å². The molecule has 7 heteroatoms. The summed E-state index contributed by atoms with van der Waals surface area (Å²) in [4.78, 5) is 43.8. The zero-order valence-electron chi connectivity index (χ0n) is 13.5. The largest absolute Gasteiger partial charge is 0.516 e. The van der Waals surface area contributed by atoms with Gasteiger partial charge >= 0.3 is 12.1 Å². The van der Waals surface area contributed by atoms with Crippen molar-refractivity contribution in [3.8, 4) is 0 Å². The molecule has 0 saturated heterocycles. The standard InChI is InChI=1S/C14H26O6Si/c1-6-19-13(17)20-12(16)9-11(7-8-15)10-14(2,3)21(4,5)18/h8,11,18H,6-7,9-10H2,1-5H3/t11-/m0/s1. The molecular weight excluding hydrogens is 292 g/mol. The summed E-state index contributed by atoms with van der Waals surface area (Å²) in [5.41, 5.74) is 0. The van der Waals surface area contributed by atoms with Crippen molar-refractivity contribution in [1.82, 2.24) is 0 Å². The quantitative estimate of drug-likeness (QED) is 0.320. The Bertz CT molecular complexity index is 372. The van der Waals surface area contributed by atoms with E-state index in [-0.39, 0.29) is 30.4 Å². The van der Waals surface area contributed by atoms with Gasteiger partial charge in [-0.05, 0) is 37.4 Å². The van der Waals surface area contributed by atoms with E-state index in [0.29, 0.717) is 6.42 Å². The molecule has 122 valence electrons. The summed E-state index contributed by atoms with van der Waals surface area (Å²) >= 11 is 0. The van der Waals surface area contributed by atoms with E-state index >= 15 is 0 Å². The van der Waals surface area contributed by atoms with E-state index in [1.165, 1.54) is 0 Å². The molecule has 0 fully saturated rings. The van der Waals surface area contributed by atoms with Crippen molar-refractivity contribution >= 4 is 26.7 Å². The fourth-order valence-electron chi connectivity index (χ4n) is 1.86. The van der Waals surface area contributed by atoms with E-state index in [1.54, 1.807) is 6.92 Å². The number of carbonyl (C=O) groups is 3. The van der Waals surface area contributed by atoms with Crippen LogP contribution in [-0.4, -0.2) is 38.1 Å². The number of ether oxygens (including phenoxy) is 2. The van der Waals surface area contributed by atoms with Crippen LogP contribution in [-0.2, 0) is 19.1 Å². The Morgan fingerprint density at radius 2 is 1.90 bits per heavy atom. The molecule has 0 aliphatic heterocycles. The average molecular weight is 318 g/mol. The first-order valence-corrected chi connectivity index (χ1v) is 10.0. The second-order valence-corrected chi connectivity index (χ2v) is 10.7. The third-order valence-electron chi connectivity index (χ3n) is 3.80. The first kappa shape index (κ1) is 19.8. The lowest BCUT2D eigenvalue weighted by atomic mass is 9.91. The molecule has 1 N–H and O–H groups in total. The van der Waals surface area contributed by atoms with Gasteiger partial charge < -0.3 is 19.1 Å². The van der Waals surface area contributed by atoms with E-state index in [1.807, 2.05) is 26.9 Å². The maximum Gasteiger partial charge on any atom is 0.516 e. The Kier molecular flexibility index (Phi) is 7.80. The van der Waals surface area contributed by atoms with Crippen LogP contribution in [0.5, 0.6) is 0 Å². The van der Waals surface area contributed by atoms with Gasteiger partial charge in [0.05, 0.1) is 6.61 Å². The van der Waals surface area contributed by atoms with Gasteiger partial charge in [-0.2, -0.15) is 0 Å². The Hall–Kier alpha value is -1.21. The van der Waals surface area contributed by atoms with E-state index in [9.17, 15) is 19.2 Å². The summed E-state index contributed by atoms with van der Waals surface area (Å²) in [7, 11) is -2.43. The first-order chi connectivity index (χ1) is 9.53. The maximum absolute atomic E-state index is 11.7. The molecule has 0 unspecified atom stereocenters. The fraction of sp³-hybridized carbons (Fsp3) is 0.786. The predicted molar refractivity (Wildman–Crippen MR) is 80.3 cm³/mol. The molecule has 21 heavy (non-hydrogen) atoms. The molecule has 0 radical (unpaired) electrons. The van der Waals surface area contributed by atoms with Crippen LogP contribution < -0.4 is 0 Å². The number of rotatable bonds is 8. The molecule has 0 aromatic rings. The second kappa shape index (κ2) is 8.28. The number of esters is 1. The summed E-state index contributed by atoms with van der Waals surface area (Å²) in [6.07, 6.45) is 0.365. The summed E-state index contributed by atoms with van der Waals surface area (Å²) < 4.78 is 9.03. The molecule has 0 aliphatic rings. The second-order valence-electron chi connectivity index (χ2n) is 6.28. The van der Waals surface area contributed by atoms with E-state index < -0.39 is 20.4 Å². The van der Waals surface area contributed by atoms with Gasteiger partial charge in [0, 0.05) is 12.8 Å². The van der Waals surface area contributed by atoms with E-state index in [2.05, 4.69) is 9.47 Å². The minimum absolute atomic E-state index is 0.0501. The molecule has 0 aromatic carbocycles. The number of hydrogen-bond acceptors (Lipinski definition) is 6. The molecule has 1 atom stereocenters. The van der Waals surface area contributed by atoms with Crippen LogP contribution in [0.1, 0.15) is 40.0 Å². The van der Waals surface area contributed by atoms with Gasteiger partial charge in [-0.1, -0.05) is 13.8 Å². The van der Waals surface area contributed by atoms with Crippen molar-refractivity contribution < 1.29 is 28.7 Å². The highest BCUT2D eigenvalue weighted by Crippen LogP contribution is 2.42. The molecular formula is C14H26O6Si. The molecule has 0 bridgehead atoms. The number of hydrogen-bond donors (Lipinski definition) is 1. The third-order valence-corrected chi connectivity index (χ3v) is 7.32. The number of carbonyl (C=O) groups excluding carboxylic acids is 3. The van der Waals surface area contributed by atoms with Gasteiger partial charge in [-0.3, -0.25) is 4.79 Å². The highest BCUT2D eigenvalue weighted by atomic mass is 28.4. The summed E-state index contributed by atoms with van der Waals surface area (Å²) in [5, 5.41) is -0.356. The zero-order valence-corrected chi connectivity index (χ0v) is 14.5. The van der Waals surface area contributed by atoms with Gasteiger partial charge in [-0.15, -0.1) is 0 Å². The van der Waals surface area contributed by atoms with Crippen molar-refractivity contribution in [3.05, 3.63) is 0 Å². The molecule has 0 rings (SSSR count). The van der Waals surface area contributed by atoms with Crippen LogP contribution in [0.25, 0.3) is 0 Å². The van der Waals surface area contributed by atoms with E-state index in [4.69, 9.17) is 0 Å². The van der Waals surface area contributed by atoms with Gasteiger partial charge in [0.2, 0.25) is 0 Å². The lowest BCUT2D eigenvalue weighted by molar-refractivity contribution is -0.141. The monoisotopic (exact) mass is 318 g/mol. The Morgan fingerprint density at radius 1 is 1.33 bits per heavy atom. The van der Waals surface area contributed by atoms with Gasteiger partial charge in [0.1, 0.15) is 6.29 Å². The number of aldehydes is 1. The van der Waals surface area contributed by atoms with Crippen LogP contribution in [0.15, 0.2) is 0 Å². The van der Waals surface area contributed by atoms with Gasteiger partial charge in [0.15, 0.2) is 8.32 Å². The topological polar surface area (TPSA) is 89.9 Å².